The lowest BCUT2D eigenvalue weighted by molar-refractivity contribution is 0.102. The van der Waals surface area contributed by atoms with Gasteiger partial charge >= 0.3 is 0 Å². The first kappa shape index (κ1) is 18.8. The molecule has 2 heterocycles. The molecule has 0 atom stereocenters. The Morgan fingerprint density at radius 1 is 0.897 bits per heavy atom. The van der Waals surface area contributed by atoms with E-state index in [-0.39, 0.29) is 5.91 Å². The normalized spacial score (nSPS) is 12.4. The maximum absolute atomic E-state index is 12.5. The van der Waals surface area contributed by atoms with E-state index in [1.54, 1.807) is 30.5 Å². The first-order valence-corrected chi connectivity index (χ1v) is 9.51. The second-order valence-corrected chi connectivity index (χ2v) is 7.14. The molecule has 1 aromatic heterocycles. The standard InChI is InChI=1S/C23H23N3O3/c1-14-10-15(2)22(16(3)11-14)25-18-4-6-19(24-13-18)23(27)26-17-5-7-20-21(12-17)29-9-8-28-20/h4-7,10-13,25H,8-9H2,1-3H3,(H,26,27). The number of ether oxygens (including phenoxy) is 2. The molecule has 0 aliphatic carbocycles. The van der Waals surface area contributed by atoms with Gasteiger partial charge in [0.15, 0.2) is 11.5 Å². The number of benzene rings is 2. The number of carbonyl (C=O) groups excluding carboxylic acids is 1. The topological polar surface area (TPSA) is 72.5 Å². The first-order chi connectivity index (χ1) is 14.0. The Kier molecular flexibility index (Phi) is 5.08. The number of anilines is 3. The van der Waals surface area contributed by atoms with Crippen molar-refractivity contribution in [3.63, 3.8) is 0 Å². The van der Waals surface area contributed by atoms with Crippen LogP contribution in [0.2, 0.25) is 0 Å². The highest BCUT2D eigenvalue weighted by atomic mass is 16.6. The van der Waals surface area contributed by atoms with Crippen LogP contribution < -0.4 is 20.1 Å². The van der Waals surface area contributed by atoms with Gasteiger partial charge in [-0.15, -0.1) is 0 Å². The van der Waals surface area contributed by atoms with Crippen molar-refractivity contribution in [2.45, 2.75) is 20.8 Å². The van der Waals surface area contributed by atoms with E-state index in [1.165, 1.54) is 16.7 Å². The van der Waals surface area contributed by atoms with Crippen molar-refractivity contribution in [3.8, 4) is 11.5 Å². The molecule has 0 bridgehead atoms. The summed E-state index contributed by atoms with van der Waals surface area (Å²) in [6.45, 7) is 7.27. The van der Waals surface area contributed by atoms with E-state index < -0.39 is 0 Å². The predicted octanol–water partition coefficient (Wildman–Crippen LogP) is 4.77. The van der Waals surface area contributed by atoms with E-state index in [0.29, 0.717) is 36.1 Å². The SMILES string of the molecule is Cc1cc(C)c(Nc2ccc(C(=O)Nc3ccc4c(c3)OCCO4)nc2)c(C)c1. The minimum Gasteiger partial charge on any atom is -0.486 e. The lowest BCUT2D eigenvalue weighted by Gasteiger charge is -2.19. The molecule has 6 heteroatoms. The van der Waals surface area contributed by atoms with Crippen LogP contribution in [-0.4, -0.2) is 24.1 Å². The monoisotopic (exact) mass is 389 g/mol. The van der Waals surface area contributed by atoms with Crippen molar-refractivity contribution < 1.29 is 14.3 Å². The van der Waals surface area contributed by atoms with E-state index >= 15 is 0 Å². The lowest BCUT2D eigenvalue weighted by Crippen LogP contribution is -2.17. The summed E-state index contributed by atoms with van der Waals surface area (Å²) in [6, 6.07) is 13.2. The number of aryl methyl sites for hydroxylation is 3. The van der Waals surface area contributed by atoms with Crippen LogP contribution in [-0.2, 0) is 0 Å². The van der Waals surface area contributed by atoms with Crippen LogP contribution in [0.25, 0.3) is 0 Å². The highest BCUT2D eigenvalue weighted by Gasteiger charge is 2.14. The van der Waals surface area contributed by atoms with E-state index in [1.807, 2.05) is 6.07 Å². The summed E-state index contributed by atoms with van der Waals surface area (Å²) in [6.07, 6.45) is 1.66. The van der Waals surface area contributed by atoms with E-state index in [0.717, 1.165) is 11.4 Å². The Balaban J connectivity index is 1.46. The van der Waals surface area contributed by atoms with Gasteiger partial charge in [0.2, 0.25) is 0 Å². The zero-order valence-corrected chi connectivity index (χ0v) is 16.7. The van der Waals surface area contributed by atoms with Crippen LogP contribution in [0.15, 0.2) is 48.7 Å². The number of rotatable bonds is 4. The molecule has 1 amide bonds. The number of nitrogens with one attached hydrogen (secondary N) is 2. The van der Waals surface area contributed by atoms with Crippen LogP contribution in [0, 0.1) is 20.8 Å². The smallest absolute Gasteiger partial charge is 0.274 e. The van der Waals surface area contributed by atoms with Crippen molar-refractivity contribution in [2.75, 3.05) is 23.8 Å². The Morgan fingerprint density at radius 3 is 2.28 bits per heavy atom. The molecule has 0 unspecified atom stereocenters. The van der Waals surface area contributed by atoms with Gasteiger partial charge in [-0.1, -0.05) is 17.7 Å². The maximum Gasteiger partial charge on any atom is 0.274 e. The molecule has 0 fully saturated rings. The van der Waals surface area contributed by atoms with E-state index in [4.69, 9.17) is 9.47 Å². The molecular formula is C23H23N3O3. The van der Waals surface area contributed by atoms with Crippen LogP contribution in [0.5, 0.6) is 11.5 Å². The van der Waals surface area contributed by atoms with Crippen LogP contribution >= 0.6 is 0 Å². The Bertz CT molecular complexity index is 1040. The molecule has 0 spiro atoms. The summed E-state index contributed by atoms with van der Waals surface area (Å²) >= 11 is 0. The van der Waals surface area contributed by atoms with E-state index in [9.17, 15) is 4.79 Å². The third-order valence-electron chi connectivity index (χ3n) is 4.74. The fourth-order valence-corrected chi connectivity index (χ4v) is 3.44. The second-order valence-electron chi connectivity index (χ2n) is 7.14. The average Bonchev–Trinajstić information content (AvgIpc) is 2.71. The molecule has 2 N–H and O–H groups in total. The molecule has 2 aromatic carbocycles. The number of pyridine rings is 1. The van der Waals surface area contributed by atoms with Crippen molar-refractivity contribution in [1.29, 1.82) is 0 Å². The molecule has 148 valence electrons. The Labute approximate surface area is 169 Å². The van der Waals surface area contributed by atoms with Crippen molar-refractivity contribution >= 4 is 23.0 Å². The number of hydrogen-bond donors (Lipinski definition) is 2. The quantitative estimate of drug-likeness (QED) is 0.672. The molecule has 0 saturated heterocycles. The molecule has 29 heavy (non-hydrogen) atoms. The van der Waals surface area contributed by atoms with Crippen molar-refractivity contribution in [2.24, 2.45) is 0 Å². The average molecular weight is 389 g/mol. The second kappa shape index (κ2) is 7.83. The van der Waals surface area contributed by atoms with Gasteiger partial charge < -0.3 is 20.1 Å². The minimum absolute atomic E-state index is 0.282. The summed E-state index contributed by atoms with van der Waals surface area (Å²) in [5.74, 6) is 1.03. The number of hydrogen-bond acceptors (Lipinski definition) is 5. The molecular weight excluding hydrogens is 366 g/mol. The third-order valence-corrected chi connectivity index (χ3v) is 4.74. The van der Waals surface area contributed by atoms with Gasteiger partial charge in [-0.2, -0.15) is 0 Å². The zero-order chi connectivity index (χ0) is 20.4. The van der Waals surface area contributed by atoms with Gasteiger partial charge in [-0.3, -0.25) is 4.79 Å². The first-order valence-electron chi connectivity index (χ1n) is 9.51. The number of nitrogens with zero attached hydrogens (tertiary/aromatic N) is 1. The molecule has 3 aromatic rings. The highest BCUT2D eigenvalue weighted by molar-refractivity contribution is 6.03. The molecule has 0 radical (unpaired) electrons. The van der Waals surface area contributed by atoms with Gasteiger partial charge in [0.25, 0.3) is 5.91 Å². The number of carbonyl (C=O) groups is 1. The Hall–Kier alpha value is -3.54. The van der Waals surface area contributed by atoms with Gasteiger partial charge in [-0.25, -0.2) is 4.98 Å². The van der Waals surface area contributed by atoms with Crippen LogP contribution in [0.1, 0.15) is 27.2 Å². The predicted molar refractivity (Wildman–Crippen MR) is 114 cm³/mol. The summed E-state index contributed by atoms with van der Waals surface area (Å²) in [5.41, 5.74) is 6.43. The van der Waals surface area contributed by atoms with E-state index in [2.05, 4.69) is 48.5 Å². The summed E-state index contributed by atoms with van der Waals surface area (Å²) < 4.78 is 11.0. The lowest BCUT2D eigenvalue weighted by atomic mass is 10.0. The number of aromatic nitrogens is 1. The molecule has 4 rings (SSSR count). The third kappa shape index (κ3) is 4.16. The van der Waals surface area contributed by atoms with Gasteiger partial charge in [0.05, 0.1) is 11.9 Å². The van der Waals surface area contributed by atoms with Crippen molar-refractivity contribution in [1.82, 2.24) is 4.98 Å². The van der Waals surface area contributed by atoms with Gasteiger partial charge in [0, 0.05) is 17.4 Å². The molecule has 6 nitrogen and oxygen atoms in total. The largest absolute Gasteiger partial charge is 0.486 e. The Morgan fingerprint density at radius 2 is 1.59 bits per heavy atom. The maximum atomic E-state index is 12.5. The van der Waals surface area contributed by atoms with Crippen molar-refractivity contribution in [3.05, 3.63) is 71.0 Å². The minimum atomic E-state index is -0.282. The molecule has 0 saturated carbocycles. The summed E-state index contributed by atoms with van der Waals surface area (Å²) in [7, 11) is 0. The van der Waals surface area contributed by atoms with Crippen LogP contribution in [0.3, 0.4) is 0 Å². The summed E-state index contributed by atoms with van der Waals surface area (Å²) in [5, 5.41) is 6.24. The fraction of sp³-hybridized carbons (Fsp3) is 0.217. The summed E-state index contributed by atoms with van der Waals surface area (Å²) in [4.78, 5) is 16.8. The zero-order valence-electron chi connectivity index (χ0n) is 16.7. The highest BCUT2D eigenvalue weighted by Crippen LogP contribution is 2.32. The van der Waals surface area contributed by atoms with Crippen LogP contribution in [0.4, 0.5) is 17.1 Å². The number of fused-ring (bicyclic) bond motifs is 1. The van der Waals surface area contributed by atoms with Gasteiger partial charge in [-0.05, 0) is 56.2 Å². The fourth-order valence-electron chi connectivity index (χ4n) is 3.44. The molecule has 1 aliphatic rings. The number of amides is 1. The molecule has 1 aliphatic heterocycles. The van der Waals surface area contributed by atoms with Gasteiger partial charge in [0.1, 0.15) is 18.9 Å².